The van der Waals surface area contributed by atoms with Crippen LogP contribution in [-0.2, 0) is 28.5 Å². The summed E-state index contributed by atoms with van der Waals surface area (Å²) in [6.45, 7) is 12.8. The maximum atomic E-state index is 12.3. The molecular formula is C27H45NO6. The molecule has 0 radical (unpaired) electrons. The fraction of sp³-hybridized carbons (Fsp3) is 0.704. The molecule has 0 saturated carbocycles. The van der Waals surface area contributed by atoms with Crippen molar-refractivity contribution in [3.05, 3.63) is 36.0 Å². The molecule has 7 heteroatoms. The molecular weight excluding hydrogens is 434 g/mol. The molecule has 0 aromatic carbocycles. The van der Waals surface area contributed by atoms with Crippen molar-refractivity contribution in [2.45, 2.75) is 97.7 Å². The number of methoxy groups -OCH3 is 1. The molecule has 194 valence electrons. The number of esters is 1. The molecule has 0 aliphatic carbocycles. The van der Waals surface area contributed by atoms with E-state index in [1.807, 2.05) is 6.92 Å². The quantitative estimate of drug-likeness (QED) is 0.224. The van der Waals surface area contributed by atoms with Gasteiger partial charge >= 0.3 is 5.97 Å². The van der Waals surface area contributed by atoms with Gasteiger partial charge in [0.05, 0.1) is 24.4 Å². The standard InChI is InChI=1S/C27H45NO6/c1-8-16-32-24(15-17-31-7)12-9-19(2)10-13-26-20(3)18-25(22(5)34-26)28-27(30)14-11-21(4)33-23(6)29/h9-12,14,20-22,24-26H,8,13,15-18H2,1-7H3,(H,28,30)/b12-9+,14-11-,19-10+. The summed E-state index contributed by atoms with van der Waals surface area (Å²) in [5.74, 6) is -0.276. The highest BCUT2D eigenvalue weighted by Gasteiger charge is 2.33. The number of amides is 1. The van der Waals surface area contributed by atoms with Crippen molar-refractivity contribution < 1.29 is 28.5 Å². The summed E-state index contributed by atoms with van der Waals surface area (Å²) in [5.41, 5.74) is 1.17. The maximum absolute atomic E-state index is 12.3. The topological polar surface area (TPSA) is 83.1 Å². The first kappa shape index (κ1) is 30.1. The molecule has 1 N–H and O–H groups in total. The van der Waals surface area contributed by atoms with Gasteiger partial charge in [-0.3, -0.25) is 9.59 Å². The van der Waals surface area contributed by atoms with E-state index < -0.39 is 6.10 Å². The Kier molecular flexibility index (Phi) is 14.7. The second-order valence-corrected chi connectivity index (χ2v) is 9.12. The predicted octanol–water partition coefficient (Wildman–Crippen LogP) is 4.52. The van der Waals surface area contributed by atoms with Gasteiger partial charge in [-0.05, 0) is 52.0 Å². The average Bonchev–Trinajstić information content (AvgIpc) is 2.78. The van der Waals surface area contributed by atoms with E-state index in [1.54, 1.807) is 20.1 Å². The lowest BCUT2D eigenvalue weighted by Gasteiger charge is -2.39. The molecule has 0 aromatic heterocycles. The number of rotatable bonds is 14. The normalized spacial score (nSPS) is 25.4. The lowest BCUT2D eigenvalue weighted by atomic mass is 9.88. The summed E-state index contributed by atoms with van der Waals surface area (Å²) in [5, 5.41) is 3.02. The van der Waals surface area contributed by atoms with E-state index in [1.165, 1.54) is 18.6 Å². The zero-order chi connectivity index (χ0) is 25.5. The summed E-state index contributed by atoms with van der Waals surface area (Å²) in [7, 11) is 1.71. The molecule has 1 heterocycles. The van der Waals surface area contributed by atoms with E-state index >= 15 is 0 Å². The number of ether oxygens (including phenoxy) is 4. The van der Waals surface area contributed by atoms with Gasteiger partial charge in [0.1, 0.15) is 6.10 Å². The van der Waals surface area contributed by atoms with Gasteiger partial charge in [0, 0.05) is 39.7 Å². The number of hydrogen-bond acceptors (Lipinski definition) is 6. The van der Waals surface area contributed by atoms with Gasteiger partial charge in [0.25, 0.3) is 0 Å². The van der Waals surface area contributed by atoms with Gasteiger partial charge in [0.15, 0.2) is 0 Å². The predicted molar refractivity (Wildman–Crippen MR) is 134 cm³/mol. The van der Waals surface area contributed by atoms with Gasteiger partial charge in [-0.25, -0.2) is 0 Å². The molecule has 0 aromatic rings. The van der Waals surface area contributed by atoms with Crippen molar-refractivity contribution in [2.75, 3.05) is 20.3 Å². The summed E-state index contributed by atoms with van der Waals surface area (Å²) >= 11 is 0. The van der Waals surface area contributed by atoms with Gasteiger partial charge in [-0.1, -0.05) is 37.6 Å². The van der Waals surface area contributed by atoms with E-state index in [0.717, 1.165) is 32.3 Å². The van der Waals surface area contributed by atoms with Crippen molar-refractivity contribution in [3.63, 3.8) is 0 Å². The molecule has 1 aliphatic rings. The molecule has 0 spiro atoms. The number of nitrogens with one attached hydrogen (secondary N) is 1. The summed E-state index contributed by atoms with van der Waals surface area (Å²) in [6, 6.07) is -0.0605. The van der Waals surface area contributed by atoms with Crippen LogP contribution in [0, 0.1) is 5.92 Å². The molecule has 1 aliphatic heterocycles. The summed E-state index contributed by atoms with van der Waals surface area (Å²) in [6.07, 6.45) is 12.5. The van der Waals surface area contributed by atoms with Crippen molar-refractivity contribution in [1.82, 2.24) is 5.32 Å². The number of carbonyl (C=O) groups excluding carboxylic acids is 2. The highest BCUT2D eigenvalue weighted by molar-refractivity contribution is 5.87. The Balaban J connectivity index is 2.57. The third-order valence-electron chi connectivity index (χ3n) is 5.80. The van der Waals surface area contributed by atoms with Crippen LogP contribution in [0.15, 0.2) is 36.0 Å². The van der Waals surface area contributed by atoms with Crippen LogP contribution >= 0.6 is 0 Å². The minimum Gasteiger partial charge on any atom is -0.459 e. The molecule has 0 bridgehead atoms. The molecule has 6 atom stereocenters. The van der Waals surface area contributed by atoms with Crippen molar-refractivity contribution in [1.29, 1.82) is 0 Å². The van der Waals surface area contributed by atoms with Crippen molar-refractivity contribution >= 4 is 11.9 Å². The van der Waals surface area contributed by atoms with E-state index in [4.69, 9.17) is 18.9 Å². The highest BCUT2D eigenvalue weighted by Crippen LogP contribution is 2.28. The first-order valence-corrected chi connectivity index (χ1v) is 12.4. The van der Waals surface area contributed by atoms with E-state index in [9.17, 15) is 9.59 Å². The Morgan fingerprint density at radius 2 is 1.88 bits per heavy atom. The first-order chi connectivity index (χ1) is 16.2. The molecule has 1 amide bonds. The van der Waals surface area contributed by atoms with Gasteiger partial charge in [-0.15, -0.1) is 0 Å². The minimum absolute atomic E-state index is 0.0588. The largest absolute Gasteiger partial charge is 0.459 e. The molecule has 6 unspecified atom stereocenters. The van der Waals surface area contributed by atoms with Crippen molar-refractivity contribution in [3.8, 4) is 0 Å². The van der Waals surface area contributed by atoms with Gasteiger partial charge < -0.3 is 24.3 Å². The fourth-order valence-corrected chi connectivity index (χ4v) is 3.84. The van der Waals surface area contributed by atoms with E-state index in [0.29, 0.717) is 12.5 Å². The Labute approximate surface area is 205 Å². The SMILES string of the molecule is CCCOC(/C=C/C(C)=C/CC1OC(C)C(NC(=O)/C=C\C(C)OC(C)=O)CC1C)CCOC. The van der Waals surface area contributed by atoms with Gasteiger partial charge in [0.2, 0.25) is 5.91 Å². The molecule has 1 rings (SSSR count). The lowest BCUT2D eigenvalue weighted by Crippen LogP contribution is -2.50. The van der Waals surface area contributed by atoms with Crippen LogP contribution in [-0.4, -0.2) is 62.7 Å². The highest BCUT2D eigenvalue weighted by atomic mass is 16.5. The van der Waals surface area contributed by atoms with Crippen LogP contribution in [0.5, 0.6) is 0 Å². The molecule has 7 nitrogen and oxygen atoms in total. The van der Waals surface area contributed by atoms with Crippen LogP contribution in [0.4, 0.5) is 0 Å². The Bertz CT molecular complexity index is 693. The van der Waals surface area contributed by atoms with Crippen LogP contribution in [0.1, 0.15) is 67.2 Å². The smallest absolute Gasteiger partial charge is 0.303 e. The number of allylic oxidation sites excluding steroid dienone is 2. The number of carbonyl (C=O) groups is 2. The third kappa shape index (κ3) is 12.5. The lowest BCUT2D eigenvalue weighted by molar-refractivity contribution is -0.143. The monoisotopic (exact) mass is 479 g/mol. The summed E-state index contributed by atoms with van der Waals surface area (Å²) < 4.78 is 22.3. The fourth-order valence-electron chi connectivity index (χ4n) is 3.84. The van der Waals surface area contributed by atoms with Crippen LogP contribution in [0.25, 0.3) is 0 Å². The van der Waals surface area contributed by atoms with Gasteiger partial charge in [-0.2, -0.15) is 0 Å². The zero-order valence-electron chi connectivity index (χ0n) is 22.0. The first-order valence-electron chi connectivity index (χ1n) is 12.4. The third-order valence-corrected chi connectivity index (χ3v) is 5.80. The second kappa shape index (κ2) is 16.6. The maximum Gasteiger partial charge on any atom is 0.303 e. The minimum atomic E-state index is -0.441. The number of hydrogen-bond donors (Lipinski definition) is 1. The average molecular weight is 480 g/mol. The Morgan fingerprint density at radius 1 is 1.15 bits per heavy atom. The summed E-state index contributed by atoms with van der Waals surface area (Å²) in [4.78, 5) is 23.3. The molecule has 34 heavy (non-hydrogen) atoms. The van der Waals surface area contributed by atoms with E-state index in [2.05, 4.69) is 44.3 Å². The Hall–Kier alpha value is -1.96. The van der Waals surface area contributed by atoms with Crippen LogP contribution < -0.4 is 5.32 Å². The van der Waals surface area contributed by atoms with Crippen molar-refractivity contribution in [2.24, 2.45) is 5.92 Å². The van der Waals surface area contributed by atoms with Crippen LogP contribution in [0.2, 0.25) is 0 Å². The molecule has 1 fully saturated rings. The molecule has 1 saturated heterocycles. The Morgan fingerprint density at radius 3 is 2.53 bits per heavy atom. The van der Waals surface area contributed by atoms with Crippen LogP contribution in [0.3, 0.4) is 0 Å². The van der Waals surface area contributed by atoms with E-state index in [-0.39, 0.29) is 36.2 Å². The zero-order valence-corrected chi connectivity index (χ0v) is 22.0. The second-order valence-electron chi connectivity index (χ2n) is 9.12.